The third-order valence-corrected chi connectivity index (χ3v) is 2.77. The number of carboxylic acids is 1. The van der Waals surface area contributed by atoms with Crippen LogP contribution in [0.25, 0.3) is 0 Å². The number of nitrogens with zero attached hydrogens (tertiary/aromatic N) is 2. The van der Waals surface area contributed by atoms with Crippen molar-refractivity contribution in [1.82, 2.24) is 9.78 Å². The van der Waals surface area contributed by atoms with Crippen molar-refractivity contribution in [3.63, 3.8) is 0 Å². The molecule has 1 aromatic heterocycles. The van der Waals surface area contributed by atoms with Crippen LogP contribution in [-0.4, -0.2) is 20.9 Å². The fourth-order valence-corrected chi connectivity index (χ4v) is 2.01. The average molecular weight is 194 g/mol. The van der Waals surface area contributed by atoms with Crippen molar-refractivity contribution in [2.45, 2.75) is 39.2 Å². The van der Waals surface area contributed by atoms with Gasteiger partial charge in [-0.25, -0.2) is 0 Å². The molecule has 2 heterocycles. The molecule has 4 nitrogen and oxygen atoms in total. The summed E-state index contributed by atoms with van der Waals surface area (Å²) < 4.78 is 1.97. The van der Waals surface area contributed by atoms with Crippen LogP contribution in [0.2, 0.25) is 0 Å². The lowest BCUT2D eigenvalue weighted by Crippen LogP contribution is -2.11. The van der Waals surface area contributed by atoms with E-state index in [4.69, 9.17) is 5.11 Å². The molecule has 0 saturated heterocycles. The lowest BCUT2D eigenvalue weighted by Gasteiger charge is -2.13. The minimum Gasteiger partial charge on any atom is -0.481 e. The maximum atomic E-state index is 10.6. The number of hydrogen-bond donors (Lipinski definition) is 1. The molecule has 0 atom stereocenters. The van der Waals surface area contributed by atoms with E-state index in [0.717, 1.165) is 30.6 Å². The molecule has 2 rings (SSSR count). The van der Waals surface area contributed by atoms with Crippen LogP contribution in [0.15, 0.2) is 0 Å². The van der Waals surface area contributed by atoms with Crippen molar-refractivity contribution in [1.29, 1.82) is 0 Å². The van der Waals surface area contributed by atoms with E-state index >= 15 is 0 Å². The standard InChI is InChI=1S/C10H14N2O2/c1-7-8(6-10(13)14)11-12-5-3-2-4-9(7)12/h2-6H2,1H3,(H,13,14). The number of hydrogen-bond acceptors (Lipinski definition) is 2. The quantitative estimate of drug-likeness (QED) is 0.768. The van der Waals surface area contributed by atoms with Crippen molar-refractivity contribution in [3.05, 3.63) is 17.0 Å². The Hall–Kier alpha value is -1.32. The highest BCUT2D eigenvalue weighted by atomic mass is 16.4. The average Bonchev–Trinajstić information content (AvgIpc) is 2.44. The summed E-state index contributed by atoms with van der Waals surface area (Å²) in [6.07, 6.45) is 3.43. The van der Waals surface area contributed by atoms with Crippen LogP contribution in [-0.2, 0) is 24.2 Å². The Morgan fingerprint density at radius 2 is 2.36 bits per heavy atom. The molecule has 1 aliphatic rings. The van der Waals surface area contributed by atoms with E-state index in [9.17, 15) is 4.79 Å². The summed E-state index contributed by atoms with van der Waals surface area (Å²) in [5, 5.41) is 13.0. The Morgan fingerprint density at radius 1 is 1.57 bits per heavy atom. The first kappa shape index (κ1) is 9.24. The summed E-state index contributed by atoms with van der Waals surface area (Å²) >= 11 is 0. The minimum absolute atomic E-state index is 0.0475. The Balaban J connectivity index is 2.33. The summed E-state index contributed by atoms with van der Waals surface area (Å²) in [6.45, 7) is 2.91. The van der Waals surface area contributed by atoms with E-state index in [2.05, 4.69) is 5.10 Å². The van der Waals surface area contributed by atoms with Gasteiger partial charge in [-0.05, 0) is 31.7 Å². The SMILES string of the molecule is Cc1c(CC(=O)O)nn2c1CCCC2. The molecular formula is C10H14N2O2. The van der Waals surface area contributed by atoms with E-state index < -0.39 is 5.97 Å². The molecule has 1 aliphatic heterocycles. The highest BCUT2D eigenvalue weighted by Crippen LogP contribution is 2.20. The molecule has 0 unspecified atom stereocenters. The van der Waals surface area contributed by atoms with E-state index in [1.807, 2.05) is 11.6 Å². The summed E-state index contributed by atoms with van der Waals surface area (Å²) in [4.78, 5) is 10.6. The predicted molar refractivity (Wildman–Crippen MR) is 51.2 cm³/mol. The molecule has 0 radical (unpaired) electrons. The van der Waals surface area contributed by atoms with Crippen molar-refractivity contribution < 1.29 is 9.90 Å². The second-order valence-corrected chi connectivity index (χ2v) is 3.77. The Kier molecular flexibility index (Phi) is 2.27. The van der Waals surface area contributed by atoms with Gasteiger partial charge in [0, 0.05) is 12.2 Å². The minimum atomic E-state index is -0.802. The van der Waals surface area contributed by atoms with Crippen molar-refractivity contribution >= 4 is 5.97 Å². The molecule has 1 aromatic rings. The fourth-order valence-electron chi connectivity index (χ4n) is 2.01. The van der Waals surface area contributed by atoms with Crippen LogP contribution in [0.4, 0.5) is 0 Å². The van der Waals surface area contributed by atoms with Crippen LogP contribution in [0.5, 0.6) is 0 Å². The van der Waals surface area contributed by atoms with Crippen LogP contribution in [0.3, 0.4) is 0 Å². The van der Waals surface area contributed by atoms with Gasteiger partial charge in [0.1, 0.15) is 0 Å². The number of carbonyl (C=O) groups is 1. The van der Waals surface area contributed by atoms with Crippen LogP contribution >= 0.6 is 0 Å². The molecule has 14 heavy (non-hydrogen) atoms. The van der Waals surface area contributed by atoms with Gasteiger partial charge in [0.25, 0.3) is 0 Å². The fraction of sp³-hybridized carbons (Fsp3) is 0.600. The maximum Gasteiger partial charge on any atom is 0.309 e. The molecule has 0 aliphatic carbocycles. The second-order valence-electron chi connectivity index (χ2n) is 3.77. The van der Waals surface area contributed by atoms with E-state index in [0.29, 0.717) is 0 Å². The monoisotopic (exact) mass is 194 g/mol. The van der Waals surface area contributed by atoms with Gasteiger partial charge in [-0.1, -0.05) is 0 Å². The predicted octanol–water partition coefficient (Wildman–Crippen LogP) is 1.15. The summed E-state index contributed by atoms with van der Waals surface area (Å²) in [5.74, 6) is -0.802. The Morgan fingerprint density at radius 3 is 3.00 bits per heavy atom. The van der Waals surface area contributed by atoms with Crippen molar-refractivity contribution in [3.8, 4) is 0 Å². The largest absolute Gasteiger partial charge is 0.481 e. The summed E-state index contributed by atoms with van der Waals surface area (Å²) in [6, 6.07) is 0. The van der Waals surface area contributed by atoms with Crippen molar-refractivity contribution in [2.24, 2.45) is 0 Å². The number of rotatable bonds is 2. The van der Waals surface area contributed by atoms with Crippen molar-refractivity contribution in [2.75, 3.05) is 0 Å². The smallest absolute Gasteiger partial charge is 0.309 e. The third-order valence-electron chi connectivity index (χ3n) is 2.77. The number of carboxylic acid groups (broad SMARTS) is 1. The third kappa shape index (κ3) is 1.52. The van der Waals surface area contributed by atoms with Gasteiger partial charge in [0.15, 0.2) is 0 Å². The highest BCUT2D eigenvalue weighted by molar-refractivity contribution is 5.70. The van der Waals surface area contributed by atoms with Gasteiger partial charge in [0.2, 0.25) is 0 Å². The Bertz CT molecular complexity index is 368. The van der Waals surface area contributed by atoms with Gasteiger partial charge in [-0.15, -0.1) is 0 Å². The van der Waals surface area contributed by atoms with Gasteiger partial charge in [-0.2, -0.15) is 5.10 Å². The van der Waals surface area contributed by atoms with E-state index in [1.54, 1.807) is 0 Å². The zero-order chi connectivity index (χ0) is 10.1. The molecular weight excluding hydrogens is 180 g/mol. The number of fused-ring (bicyclic) bond motifs is 1. The number of aliphatic carboxylic acids is 1. The van der Waals surface area contributed by atoms with Gasteiger partial charge < -0.3 is 5.11 Å². The molecule has 0 fully saturated rings. The number of aryl methyl sites for hydroxylation is 1. The zero-order valence-corrected chi connectivity index (χ0v) is 8.29. The normalized spacial score (nSPS) is 15.2. The molecule has 0 aromatic carbocycles. The highest BCUT2D eigenvalue weighted by Gasteiger charge is 2.18. The first-order valence-electron chi connectivity index (χ1n) is 4.95. The first-order valence-corrected chi connectivity index (χ1v) is 4.95. The number of aromatic nitrogens is 2. The molecule has 0 bridgehead atoms. The van der Waals surface area contributed by atoms with Crippen LogP contribution < -0.4 is 0 Å². The van der Waals surface area contributed by atoms with Gasteiger partial charge in [0.05, 0.1) is 12.1 Å². The molecule has 76 valence electrons. The second kappa shape index (κ2) is 3.44. The first-order chi connectivity index (χ1) is 6.68. The zero-order valence-electron chi connectivity index (χ0n) is 8.29. The van der Waals surface area contributed by atoms with Crippen LogP contribution in [0, 0.1) is 6.92 Å². The Labute approximate surface area is 82.5 Å². The molecule has 0 saturated carbocycles. The molecule has 0 spiro atoms. The lowest BCUT2D eigenvalue weighted by molar-refractivity contribution is -0.136. The molecule has 4 heteroatoms. The lowest BCUT2D eigenvalue weighted by atomic mass is 10.1. The maximum absolute atomic E-state index is 10.6. The topological polar surface area (TPSA) is 55.1 Å². The van der Waals surface area contributed by atoms with Gasteiger partial charge >= 0.3 is 5.97 Å². The van der Waals surface area contributed by atoms with Crippen LogP contribution in [0.1, 0.15) is 29.8 Å². The molecule has 0 amide bonds. The summed E-state index contributed by atoms with van der Waals surface area (Å²) in [7, 11) is 0. The van der Waals surface area contributed by atoms with E-state index in [1.165, 1.54) is 12.1 Å². The summed E-state index contributed by atoms with van der Waals surface area (Å²) in [5.41, 5.74) is 3.04. The molecule has 1 N–H and O–H groups in total. The van der Waals surface area contributed by atoms with E-state index in [-0.39, 0.29) is 6.42 Å². The van der Waals surface area contributed by atoms with Gasteiger partial charge in [-0.3, -0.25) is 9.48 Å².